The fraction of sp³-hybridized carbons (Fsp3) is 0.556. The molecule has 1 aromatic rings. The van der Waals surface area contributed by atoms with Crippen molar-refractivity contribution in [1.29, 1.82) is 0 Å². The van der Waals surface area contributed by atoms with E-state index < -0.39 is 11.9 Å². The molecule has 3 rings (SSSR count). The Labute approximate surface area is 141 Å². The van der Waals surface area contributed by atoms with Gasteiger partial charge in [0, 0.05) is 18.5 Å². The van der Waals surface area contributed by atoms with Gasteiger partial charge in [-0.15, -0.1) is 0 Å². The van der Waals surface area contributed by atoms with Crippen molar-refractivity contribution in [3.8, 4) is 0 Å². The molecule has 0 radical (unpaired) electrons. The minimum atomic E-state index is -0.515. The fourth-order valence-electron chi connectivity index (χ4n) is 4.09. The normalized spacial score (nSPS) is 22.5. The van der Waals surface area contributed by atoms with Crippen molar-refractivity contribution in [3.05, 3.63) is 35.6 Å². The van der Waals surface area contributed by atoms with E-state index in [-0.39, 0.29) is 17.3 Å². The largest absolute Gasteiger partial charge is 0.368 e. The first-order valence-electron chi connectivity index (χ1n) is 8.62. The van der Waals surface area contributed by atoms with Gasteiger partial charge in [0.2, 0.25) is 5.91 Å². The molecule has 3 amide bonds. The monoisotopic (exact) mass is 333 g/mol. The highest BCUT2D eigenvalue weighted by atomic mass is 19.1. The second-order valence-electron chi connectivity index (χ2n) is 6.91. The molecular formula is C18H24FN3O2. The van der Waals surface area contributed by atoms with Crippen LogP contribution in [0, 0.1) is 5.82 Å². The van der Waals surface area contributed by atoms with Crippen molar-refractivity contribution in [2.45, 2.75) is 50.0 Å². The van der Waals surface area contributed by atoms with Gasteiger partial charge in [-0.1, -0.05) is 25.0 Å². The van der Waals surface area contributed by atoms with Crippen molar-refractivity contribution in [2.24, 2.45) is 5.73 Å². The zero-order valence-electron chi connectivity index (χ0n) is 13.8. The lowest BCUT2D eigenvalue weighted by Gasteiger charge is -2.32. The number of hydrogen-bond donors (Lipinski definition) is 2. The molecule has 1 saturated carbocycles. The number of nitrogens with one attached hydrogen (secondary N) is 1. The van der Waals surface area contributed by atoms with Gasteiger partial charge < -0.3 is 16.0 Å². The van der Waals surface area contributed by atoms with Gasteiger partial charge in [0.25, 0.3) is 0 Å². The highest BCUT2D eigenvalue weighted by Gasteiger charge is 2.38. The molecule has 5 nitrogen and oxygen atoms in total. The summed E-state index contributed by atoms with van der Waals surface area (Å²) >= 11 is 0. The minimum absolute atomic E-state index is 0.223. The van der Waals surface area contributed by atoms with Crippen molar-refractivity contribution in [3.63, 3.8) is 0 Å². The lowest BCUT2D eigenvalue weighted by molar-refractivity contribution is -0.121. The average molecular weight is 333 g/mol. The number of nitrogens with zero attached hydrogens (tertiary/aromatic N) is 1. The van der Waals surface area contributed by atoms with Gasteiger partial charge in [-0.25, -0.2) is 9.18 Å². The second-order valence-corrected chi connectivity index (χ2v) is 6.91. The molecule has 1 atom stereocenters. The van der Waals surface area contributed by atoms with Crippen molar-refractivity contribution in [1.82, 2.24) is 10.2 Å². The summed E-state index contributed by atoms with van der Waals surface area (Å²) in [5, 5.41) is 2.97. The predicted molar refractivity (Wildman–Crippen MR) is 88.9 cm³/mol. The summed E-state index contributed by atoms with van der Waals surface area (Å²) in [5.41, 5.74) is 6.09. The lowest BCUT2D eigenvalue weighted by atomic mass is 9.79. The van der Waals surface area contributed by atoms with Crippen LogP contribution in [0.2, 0.25) is 0 Å². The topological polar surface area (TPSA) is 75.4 Å². The molecule has 0 bridgehead atoms. The number of halogens is 1. The van der Waals surface area contributed by atoms with E-state index in [1.54, 1.807) is 12.1 Å². The van der Waals surface area contributed by atoms with Crippen LogP contribution in [0.4, 0.5) is 9.18 Å². The quantitative estimate of drug-likeness (QED) is 0.887. The van der Waals surface area contributed by atoms with E-state index in [9.17, 15) is 14.0 Å². The van der Waals surface area contributed by atoms with Gasteiger partial charge in [-0.3, -0.25) is 4.79 Å². The first-order valence-corrected chi connectivity index (χ1v) is 8.62. The number of primary amides is 1. The van der Waals surface area contributed by atoms with Crippen LogP contribution >= 0.6 is 0 Å². The predicted octanol–water partition coefficient (Wildman–Crippen LogP) is 2.30. The smallest absolute Gasteiger partial charge is 0.318 e. The molecule has 1 aromatic carbocycles. The van der Waals surface area contributed by atoms with Gasteiger partial charge in [-0.05, 0) is 43.4 Å². The van der Waals surface area contributed by atoms with Crippen LogP contribution in [0.15, 0.2) is 24.3 Å². The van der Waals surface area contributed by atoms with Gasteiger partial charge in [0.05, 0.1) is 0 Å². The summed E-state index contributed by atoms with van der Waals surface area (Å²) in [6.07, 6.45) is 5.40. The molecule has 1 aliphatic heterocycles. The Balaban J connectivity index is 1.71. The van der Waals surface area contributed by atoms with E-state index in [1.807, 2.05) is 6.07 Å². The van der Waals surface area contributed by atoms with Crippen molar-refractivity contribution >= 4 is 11.9 Å². The number of likely N-dealkylation sites (tertiary alicyclic amines) is 1. The molecule has 6 heteroatoms. The van der Waals surface area contributed by atoms with E-state index >= 15 is 0 Å². The molecule has 130 valence electrons. The maximum absolute atomic E-state index is 13.6. The van der Waals surface area contributed by atoms with E-state index in [0.717, 1.165) is 37.7 Å². The first kappa shape index (κ1) is 16.7. The van der Waals surface area contributed by atoms with Crippen LogP contribution in [0.5, 0.6) is 0 Å². The number of carbonyl (C=O) groups excluding carboxylic acids is 2. The van der Waals surface area contributed by atoms with Gasteiger partial charge in [0.15, 0.2) is 0 Å². The maximum Gasteiger partial charge on any atom is 0.318 e. The van der Waals surface area contributed by atoms with Crippen LogP contribution < -0.4 is 11.1 Å². The van der Waals surface area contributed by atoms with E-state index in [4.69, 9.17) is 5.73 Å². The van der Waals surface area contributed by atoms with E-state index in [0.29, 0.717) is 19.5 Å². The highest BCUT2D eigenvalue weighted by molar-refractivity contribution is 5.86. The Bertz CT molecular complexity index is 628. The SMILES string of the molecule is NC(=O)C1CCCN1C(=O)NCC1(c2cccc(F)c2)CCCC1. The molecule has 2 fully saturated rings. The third-order valence-electron chi connectivity index (χ3n) is 5.42. The van der Waals surface area contributed by atoms with Crippen LogP contribution in [0.1, 0.15) is 44.1 Å². The summed E-state index contributed by atoms with van der Waals surface area (Å²) in [6, 6.07) is 5.89. The minimum Gasteiger partial charge on any atom is -0.368 e. The van der Waals surface area contributed by atoms with Gasteiger partial charge >= 0.3 is 6.03 Å². The molecule has 0 aromatic heterocycles. The third kappa shape index (κ3) is 3.23. The Hall–Kier alpha value is -2.11. The van der Waals surface area contributed by atoms with E-state index in [2.05, 4.69) is 5.32 Å². The molecule has 2 aliphatic rings. The number of nitrogens with two attached hydrogens (primary N) is 1. The van der Waals surface area contributed by atoms with Crippen molar-refractivity contribution in [2.75, 3.05) is 13.1 Å². The number of rotatable bonds is 4. The summed E-state index contributed by atoms with van der Waals surface area (Å²) in [4.78, 5) is 25.5. The molecule has 1 saturated heterocycles. The number of carbonyl (C=O) groups is 2. The Kier molecular flexibility index (Phi) is 4.73. The highest BCUT2D eigenvalue weighted by Crippen LogP contribution is 2.40. The van der Waals surface area contributed by atoms with Crippen LogP contribution in [-0.2, 0) is 10.2 Å². The summed E-state index contributed by atoms with van der Waals surface area (Å²) in [5.74, 6) is -0.707. The number of amides is 3. The number of urea groups is 1. The zero-order chi connectivity index (χ0) is 17.2. The summed E-state index contributed by atoms with van der Waals surface area (Å²) in [6.45, 7) is 1.00. The maximum atomic E-state index is 13.6. The van der Waals surface area contributed by atoms with Gasteiger partial charge in [0.1, 0.15) is 11.9 Å². The fourth-order valence-corrected chi connectivity index (χ4v) is 4.09. The molecule has 24 heavy (non-hydrogen) atoms. The Morgan fingerprint density at radius 2 is 2.04 bits per heavy atom. The molecular weight excluding hydrogens is 309 g/mol. The van der Waals surface area contributed by atoms with Crippen LogP contribution in [0.3, 0.4) is 0 Å². The Morgan fingerprint density at radius 3 is 2.71 bits per heavy atom. The summed E-state index contributed by atoms with van der Waals surface area (Å²) in [7, 11) is 0. The second kappa shape index (κ2) is 6.79. The average Bonchev–Trinajstić information content (AvgIpc) is 3.23. The first-order chi connectivity index (χ1) is 11.5. The third-order valence-corrected chi connectivity index (χ3v) is 5.42. The summed E-state index contributed by atoms with van der Waals surface area (Å²) < 4.78 is 13.6. The van der Waals surface area contributed by atoms with E-state index in [1.165, 1.54) is 11.0 Å². The molecule has 0 spiro atoms. The Morgan fingerprint density at radius 1 is 1.29 bits per heavy atom. The molecule has 1 unspecified atom stereocenters. The molecule has 1 heterocycles. The zero-order valence-corrected chi connectivity index (χ0v) is 13.8. The van der Waals surface area contributed by atoms with Crippen LogP contribution in [-0.4, -0.2) is 36.0 Å². The van der Waals surface area contributed by atoms with Crippen LogP contribution in [0.25, 0.3) is 0 Å². The number of benzene rings is 1. The molecule has 1 aliphatic carbocycles. The van der Waals surface area contributed by atoms with Gasteiger partial charge in [-0.2, -0.15) is 0 Å². The number of hydrogen-bond acceptors (Lipinski definition) is 2. The molecule has 3 N–H and O–H groups in total. The standard InChI is InChI=1S/C18H24FN3O2/c19-14-6-3-5-13(11-14)18(8-1-2-9-18)12-21-17(24)22-10-4-7-15(22)16(20)23/h3,5-6,11,15H,1-2,4,7-10,12H2,(H2,20,23)(H,21,24). The van der Waals surface area contributed by atoms with Crippen molar-refractivity contribution < 1.29 is 14.0 Å². The lowest BCUT2D eigenvalue weighted by Crippen LogP contribution is -2.50.